The van der Waals surface area contributed by atoms with Crippen LogP contribution in [-0.4, -0.2) is 9.78 Å². The first kappa shape index (κ1) is 14.2. The van der Waals surface area contributed by atoms with Crippen molar-refractivity contribution in [3.05, 3.63) is 17.0 Å². The van der Waals surface area contributed by atoms with Crippen LogP contribution < -0.4 is 0 Å². The summed E-state index contributed by atoms with van der Waals surface area (Å²) in [5.41, 5.74) is 4.17. The summed E-state index contributed by atoms with van der Waals surface area (Å²) in [5, 5.41) is 4.51. The molecular formula is C13H26N2. The summed E-state index contributed by atoms with van der Waals surface area (Å²) in [6, 6.07) is 0. The largest absolute Gasteiger partial charge is 0.272 e. The summed E-state index contributed by atoms with van der Waals surface area (Å²) in [5.74, 6) is 0. The highest BCUT2D eigenvalue weighted by atomic mass is 15.3. The van der Waals surface area contributed by atoms with E-state index in [1.807, 2.05) is 25.6 Å². The van der Waals surface area contributed by atoms with Crippen molar-refractivity contribution < 1.29 is 0 Å². The van der Waals surface area contributed by atoms with Crippen LogP contribution in [0.2, 0.25) is 0 Å². The predicted molar refractivity (Wildman–Crippen MR) is 67.4 cm³/mol. The SMILES string of the molecule is CC.CCc1nn(C)c(C)c1C(C)(C)C. The second kappa shape index (κ2) is 5.34. The zero-order chi connectivity index (χ0) is 12.2. The normalized spacial score (nSPS) is 10.9. The zero-order valence-electron chi connectivity index (χ0n) is 11.6. The average molecular weight is 210 g/mol. The van der Waals surface area contributed by atoms with Crippen molar-refractivity contribution >= 4 is 0 Å². The molecule has 0 amide bonds. The van der Waals surface area contributed by atoms with Crippen molar-refractivity contribution in [3.8, 4) is 0 Å². The Morgan fingerprint density at radius 3 is 1.93 bits per heavy atom. The van der Waals surface area contributed by atoms with Crippen LogP contribution in [0.5, 0.6) is 0 Å². The first-order valence-corrected chi connectivity index (χ1v) is 5.91. The van der Waals surface area contributed by atoms with Gasteiger partial charge >= 0.3 is 0 Å². The van der Waals surface area contributed by atoms with Crippen LogP contribution in [0.15, 0.2) is 0 Å². The maximum Gasteiger partial charge on any atom is 0.0661 e. The first-order chi connectivity index (χ1) is 6.88. The molecule has 0 aliphatic rings. The molecule has 1 rings (SSSR count). The Hall–Kier alpha value is -0.790. The number of rotatable bonds is 1. The van der Waals surface area contributed by atoms with Gasteiger partial charge in [0.15, 0.2) is 0 Å². The van der Waals surface area contributed by atoms with Gasteiger partial charge < -0.3 is 0 Å². The second-order valence-electron chi connectivity index (χ2n) is 4.63. The van der Waals surface area contributed by atoms with E-state index in [0.717, 1.165) is 6.42 Å². The topological polar surface area (TPSA) is 17.8 Å². The number of aryl methyl sites for hydroxylation is 2. The van der Waals surface area contributed by atoms with E-state index >= 15 is 0 Å². The Labute approximate surface area is 94.7 Å². The molecule has 0 aliphatic carbocycles. The lowest BCUT2D eigenvalue weighted by Gasteiger charge is -2.19. The quantitative estimate of drug-likeness (QED) is 0.692. The van der Waals surface area contributed by atoms with Gasteiger partial charge in [0.2, 0.25) is 0 Å². The van der Waals surface area contributed by atoms with Crippen LogP contribution in [0, 0.1) is 6.92 Å². The van der Waals surface area contributed by atoms with Gasteiger partial charge in [0.1, 0.15) is 0 Å². The molecule has 15 heavy (non-hydrogen) atoms. The van der Waals surface area contributed by atoms with Gasteiger partial charge in [-0.1, -0.05) is 41.5 Å². The van der Waals surface area contributed by atoms with Gasteiger partial charge in [-0.3, -0.25) is 4.68 Å². The zero-order valence-corrected chi connectivity index (χ0v) is 11.6. The van der Waals surface area contributed by atoms with Crippen molar-refractivity contribution in [3.63, 3.8) is 0 Å². The molecule has 0 fully saturated rings. The molecule has 0 saturated heterocycles. The summed E-state index contributed by atoms with van der Waals surface area (Å²) < 4.78 is 1.99. The first-order valence-electron chi connectivity index (χ1n) is 5.91. The van der Waals surface area contributed by atoms with Crippen LogP contribution in [0.3, 0.4) is 0 Å². The number of aromatic nitrogens is 2. The maximum atomic E-state index is 4.51. The van der Waals surface area contributed by atoms with Crippen LogP contribution in [-0.2, 0) is 18.9 Å². The summed E-state index contributed by atoms with van der Waals surface area (Å²) in [6.07, 6.45) is 1.02. The lowest BCUT2D eigenvalue weighted by Crippen LogP contribution is -2.14. The van der Waals surface area contributed by atoms with Gasteiger partial charge in [0.25, 0.3) is 0 Å². The van der Waals surface area contributed by atoms with E-state index in [4.69, 9.17) is 0 Å². The van der Waals surface area contributed by atoms with Crippen LogP contribution in [0.1, 0.15) is 58.5 Å². The average Bonchev–Trinajstić information content (AvgIpc) is 2.45. The van der Waals surface area contributed by atoms with Gasteiger partial charge in [-0.2, -0.15) is 5.10 Å². The molecule has 0 saturated carbocycles. The Kier molecular flexibility index (Phi) is 5.06. The molecular weight excluding hydrogens is 184 g/mol. The summed E-state index contributed by atoms with van der Waals surface area (Å²) in [4.78, 5) is 0. The van der Waals surface area contributed by atoms with Gasteiger partial charge in [0, 0.05) is 18.3 Å². The van der Waals surface area contributed by atoms with Crippen molar-refractivity contribution in [1.29, 1.82) is 0 Å². The predicted octanol–water partition coefficient (Wildman–Crippen LogP) is 3.61. The van der Waals surface area contributed by atoms with Crippen LogP contribution >= 0.6 is 0 Å². The molecule has 1 heterocycles. The fourth-order valence-corrected chi connectivity index (χ4v) is 1.90. The molecule has 0 unspecified atom stereocenters. The minimum Gasteiger partial charge on any atom is -0.272 e. The highest BCUT2D eigenvalue weighted by Gasteiger charge is 2.23. The summed E-state index contributed by atoms with van der Waals surface area (Å²) >= 11 is 0. The number of hydrogen-bond donors (Lipinski definition) is 0. The molecule has 2 heteroatoms. The van der Waals surface area contributed by atoms with E-state index in [0.29, 0.717) is 0 Å². The molecule has 0 radical (unpaired) electrons. The van der Waals surface area contributed by atoms with Crippen molar-refractivity contribution in [1.82, 2.24) is 9.78 Å². The minimum absolute atomic E-state index is 0.212. The van der Waals surface area contributed by atoms with Crippen molar-refractivity contribution in [2.45, 2.75) is 60.3 Å². The standard InChI is InChI=1S/C11H20N2.C2H6/c1-7-9-10(11(3,4)5)8(2)13(6)12-9;1-2/h7H2,1-6H3;1-2H3. The molecule has 88 valence electrons. The fraction of sp³-hybridized carbons (Fsp3) is 0.769. The lowest BCUT2D eigenvalue weighted by atomic mass is 9.85. The van der Waals surface area contributed by atoms with Gasteiger partial charge in [-0.15, -0.1) is 0 Å². The Morgan fingerprint density at radius 2 is 1.67 bits per heavy atom. The van der Waals surface area contributed by atoms with E-state index in [-0.39, 0.29) is 5.41 Å². The third-order valence-corrected chi connectivity index (χ3v) is 2.49. The van der Waals surface area contributed by atoms with Gasteiger partial charge in [-0.05, 0) is 18.8 Å². The second-order valence-corrected chi connectivity index (χ2v) is 4.63. The summed E-state index contributed by atoms with van der Waals surface area (Å²) in [7, 11) is 2.02. The fourth-order valence-electron chi connectivity index (χ4n) is 1.90. The van der Waals surface area contributed by atoms with E-state index in [9.17, 15) is 0 Å². The molecule has 0 spiro atoms. The smallest absolute Gasteiger partial charge is 0.0661 e. The van der Waals surface area contributed by atoms with E-state index in [1.54, 1.807) is 0 Å². The monoisotopic (exact) mass is 210 g/mol. The molecule has 1 aromatic heterocycles. The highest BCUT2D eigenvalue weighted by Crippen LogP contribution is 2.28. The van der Waals surface area contributed by atoms with Gasteiger partial charge in [-0.25, -0.2) is 0 Å². The molecule has 2 nitrogen and oxygen atoms in total. The van der Waals surface area contributed by atoms with E-state index in [2.05, 4.69) is 39.7 Å². The van der Waals surface area contributed by atoms with Gasteiger partial charge in [0.05, 0.1) is 5.69 Å². The third kappa shape index (κ3) is 3.08. The number of nitrogens with zero attached hydrogens (tertiary/aromatic N) is 2. The Morgan fingerprint density at radius 1 is 1.20 bits per heavy atom. The van der Waals surface area contributed by atoms with E-state index in [1.165, 1.54) is 17.0 Å². The minimum atomic E-state index is 0.212. The molecule has 0 aliphatic heterocycles. The van der Waals surface area contributed by atoms with Crippen molar-refractivity contribution in [2.24, 2.45) is 7.05 Å². The highest BCUT2D eigenvalue weighted by molar-refractivity contribution is 5.32. The molecule has 0 atom stereocenters. The number of hydrogen-bond acceptors (Lipinski definition) is 1. The molecule has 0 bridgehead atoms. The molecule has 0 aromatic carbocycles. The molecule has 1 aromatic rings. The summed E-state index contributed by atoms with van der Waals surface area (Å²) in [6.45, 7) is 15.0. The Balaban J connectivity index is 0.000000921. The van der Waals surface area contributed by atoms with E-state index < -0.39 is 0 Å². The molecule has 0 N–H and O–H groups in total. The third-order valence-electron chi connectivity index (χ3n) is 2.49. The van der Waals surface area contributed by atoms with Crippen molar-refractivity contribution in [2.75, 3.05) is 0 Å². The maximum absolute atomic E-state index is 4.51. The lowest BCUT2D eigenvalue weighted by molar-refractivity contribution is 0.578. The van der Waals surface area contributed by atoms with Crippen LogP contribution in [0.4, 0.5) is 0 Å². The van der Waals surface area contributed by atoms with Crippen LogP contribution in [0.25, 0.3) is 0 Å². The Bertz CT molecular complexity index is 303.